The maximum atomic E-state index is 5.83. The maximum Gasteiger partial charge on any atom is 0.0608 e. The van der Waals surface area contributed by atoms with Crippen molar-refractivity contribution in [2.75, 3.05) is 12.0 Å². The monoisotopic (exact) mass is 287 g/mol. The molecule has 1 nitrogen and oxygen atoms in total. The largest absolute Gasteiger partial charge is 0.399 e. The van der Waals surface area contributed by atoms with Crippen LogP contribution in [0.4, 0.5) is 5.69 Å². The van der Waals surface area contributed by atoms with Crippen LogP contribution in [0, 0.1) is 0 Å². The van der Waals surface area contributed by atoms with Crippen molar-refractivity contribution in [2.45, 2.75) is 9.54 Å². The number of thiophene rings is 1. The Labute approximate surface area is 99.8 Å². The number of hydrogen-bond donors (Lipinski definition) is 1. The van der Waals surface area contributed by atoms with Gasteiger partial charge in [0, 0.05) is 15.7 Å². The second-order valence-electron chi connectivity index (χ2n) is 3.00. The molecule has 1 aromatic heterocycles. The molecule has 0 aliphatic heterocycles. The number of nitrogen functional groups attached to an aromatic ring is 1. The summed E-state index contributed by atoms with van der Waals surface area (Å²) < 4.78 is 2.69. The number of rotatable bonds is 2. The molecule has 74 valence electrons. The number of nitrogens with two attached hydrogens (primary N) is 1. The Morgan fingerprint density at radius 2 is 2.21 bits per heavy atom. The molecular weight excluding hydrogens is 278 g/mol. The Morgan fingerprint density at radius 3 is 2.86 bits per heavy atom. The lowest BCUT2D eigenvalue weighted by Crippen LogP contribution is -1.86. The normalized spacial score (nSPS) is 11.0. The third-order valence-corrected chi connectivity index (χ3v) is 4.93. The Bertz CT molecular complexity index is 464. The second-order valence-corrected chi connectivity index (χ2v) is 5.72. The second kappa shape index (κ2) is 4.13. The third kappa shape index (κ3) is 1.78. The molecule has 1 aromatic carbocycles. The first-order chi connectivity index (χ1) is 6.74. The van der Waals surface area contributed by atoms with E-state index in [0.29, 0.717) is 0 Å². The van der Waals surface area contributed by atoms with Crippen LogP contribution in [-0.4, -0.2) is 6.26 Å². The smallest absolute Gasteiger partial charge is 0.0608 e. The van der Waals surface area contributed by atoms with E-state index in [4.69, 9.17) is 5.73 Å². The summed E-state index contributed by atoms with van der Waals surface area (Å²) in [5.41, 5.74) is 7.96. The minimum absolute atomic E-state index is 0.845. The van der Waals surface area contributed by atoms with Crippen LogP contribution in [-0.2, 0) is 5.33 Å². The van der Waals surface area contributed by atoms with Crippen LogP contribution in [0.1, 0.15) is 5.56 Å². The van der Waals surface area contributed by atoms with Gasteiger partial charge in [-0.05, 0) is 35.4 Å². The van der Waals surface area contributed by atoms with Gasteiger partial charge in [0.05, 0.1) is 4.21 Å². The van der Waals surface area contributed by atoms with E-state index >= 15 is 0 Å². The molecule has 0 spiro atoms. The first kappa shape index (κ1) is 10.3. The van der Waals surface area contributed by atoms with Crippen molar-refractivity contribution in [2.24, 2.45) is 0 Å². The van der Waals surface area contributed by atoms with Gasteiger partial charge < -0.3 is 5.73 Å². The Balaban J connectivity index is 2.71. The SMILES string of the molecule is CSc1cc2cc(N)cc(CBr)c2s1. The Kier molecular flexibility index (Phi) is 3.04. The zero-order valence-electron chi connectivity index (χ0n) is 7.71. The molecule has 0 aliphatic rings. The topological polar surface area (TPSA) is 26.0 Å². The fourth-order valence-corrected chi connectivity index (χ4v) is 3.77. The lowest BCUT2D eigenvalue weighted by Gasteiger charge is -1.99. The van der Waals surface area contributed by atoms with E-state index in [1.807, 2.05) is 23.5 Å². The van der Waals surface area contributed by atoms with E-state index in [9.17, 15) is 0 Å². The molecule has 0 fully saturated rings. The van der Waals surface area contributed by atoms with E-state index in [0.717, 1.165) is 11.0 Å². The molecule has 4 heteroatoms. The summed E-state index contributed by atoms with van der Waals surface area (Å²) in [6, 6.07) is 6.28. The van der Waals surface area contributed by atoms with Gasteiger partial charge in [0.1, 0.15) is 0 Å². The molecule has 2 aromatic rings. The van der Waals surface area contributed by atoms with Gasteiger partial charge in [-0.2, -0.15) is 0 Å². The van der Waals surface area contributed by atoms with Crippen LogP contribution >= 0.6 is 39.0 Å². The first-order valence-corrected chi connectivity index (χ1v) is 7.32. The lowest BCUT2D eigenvalue weighted by molar-refractivity contribution is 1.51. The van der Waals surface area contributed by atoms with Crippen LogP contribution in [0.5, 0.6) is 0 Å². The van der Waals surface area contributed by atoms with Crippen LogP contribution in [0.15, 0.2) is 22.4 Å². The van der Waals surface area contributed by atoms with E-state index in [1.165, 1.54) is 19.9 Å². The first-order valence-electron chi connectivity index (χ1n) is 4.16. The number of benzene rings is 1. The van der Waals surface area contributed by atoms with Crippen LogP contribution in [0.25, 0.3) is 10.1 Å². The summed E-state index contributed by atoms with van der Waals surface area (Å²) in [6.45, 7) is 0. The lowest BCUT2D eigenvalue weighted by atomic mass is 10.1. The quantitative estimate of drug-likeness (QED) is 0.511. The molecule has 0 amide bonds. The summed E-state index contributed by atoms with van der Waals surface area (Å²) in [7, 11) is 0. The maximum absolute atomic E-state index is 5.83. The van der Waals surface area contributed by atoms with Gasteiger partial charge in [0.15, 0.2) is 0 Å². The van der Waals surface area contributed by atoms with Gasteiger partial charge in [-0.1, -0.05) is 15.9 Å². The highest BCUT2D eigenvalue weighted by molar-refractivity contribution is 9.08. The number of anilines is 1. The highest BCUT2D eigenvalue weighted by Gasteiger charge is 2.06. The van der Waals surface area contributed by atoms with E-state index in [2.05, 4.69) is 28.3 Å². The number of alkyl halides is 1. The van der Waals surface area contributed by atoms with Crippen molar-refractivity contribution in [3.05, 3.63) is 23.8 Å². The molecule has 14 heavy (non-hydrogen) atoms. The average molecular weight is 288 g/mol. The van der Waals surface area contributed by atoms with Gasteiger partial charge in [0.2, 0.25) is 0 Å². The number of thioether (sulfide) groups is 1. The van der Waals surface area contributed by atoms with Crippen molar-refractivity contribution >= 4 is 54.8 Å². The molecule has 1 heterocycles. The summed E-state index contributed by atoms with van der Waals surface area (Å²) >= 11 is 7.10. The minimum Gasteiger partial charge on any atom is -0.399 e. The van der Waals surface area contributed by atoms with Crippen molar-refractivity contribution in [1.82, 2.24) is 0 Å². The minimum atomic E-state index is 0.845. The predicted molar refractivity (Wildman–Crippen MR) is 70.6 cm³/mol. The van der Waals surface area contributed by atoms with Crippen LogP contribution in [0.3, 0.4) is 0 Å². The fourth-order valence-electron chi connectivity index (χ4n) is 1.43. The zero-order chi connectivity index (χ0) is 10.1. The molecule has 0 bridgehead atoms. The molecule has 2 N–H and O–H groups in total. The summed E-state index contributed by atoms with van der Waals surface area (Å²) in [4.78, 5) is 0. The summed E-state index contributed by atoms with van der Waals surface area (Å²) in [5.74, 6) is 0. The summed E-state index contributed by atoms with van der Waals surface area (Å²) in [5, 5.41) is 2.12. The zero-order valence-corrected chi connectivity index (χ0v) is 10.9. The van der Waals surface area contributed by atoms with Gasteiger partial charge >= 0.3 is 0 Å². The number of fused-ring (bicyclic) bond motifs is 1. The van der Waals surface area contributed by atoms with Gasteiger partial charge in [-0.25, -0.2) is 0 Å². The molecule has 0 radical (unpaired) electrons. The molecule has 2 rings (SSSR count). The number of hydrogen-bond acceptors (Lipinski definition) is 3. The highest BCUT2D eigenvalue weighted by atomic mass is 79.9. The average Bonchev–Trinajstić information content (AvgIpc) is 2.59. The Morgan fingerprint density at radius 1 is 1.43 bits per heavy atom. The van der Waals surface area contributed by atoms with E-state index < -0.39 is 0 Å². The molecule has 0 aliphatic carbocycles. The predicted octanol–water partition coefficient (Wildman–Crippen LogP) is 4.10. The van der Waals surface area contributed by atoms with Crippen LogP contribution in [0.2, 0.25) is 0 Å². The number of halogens is 1. The van der Waals surface area contributed by atoms with Gasteiger partial charge in [-0.3, -0.25) is 0 Å². The highest BCUT2D eigenvalue weighted by Crippen LogP contribution is 2.35. The van der Waals surface area contributed by atoms with Crippen molar-refractivity contribution < 1.29 is 0 Å². The van der Waals surface area contributed by atoms with Crippen molar-refractivity contribution in [3.8, 4) is 0 Å². The fraction of sp³-hybridized carbons (Fsp3) is 0.200. The Hall–Kier alpha value is -0.190. The standard InChI is InChI=1S/C10H10BrNS2/c1-13-9-4-6-2-8(12)3-7(5-11)10(6)14-9/h2-4H,5,12H2,1H3. The van der Waals surface area contributed by atoms with Crippen LogP contribution < -0.4 is 5.73 Å². The van der Waals surface area contributed by atoms with Gasteiger partial charge in [-0.15, -0.1) is 23.1 Å². The molecular formula is C10H10BrNS2. The van der Waals surface area contributed by atoms with Crippen molar-refractivity contribution in [1.29, 1.82) is 0 Å². The van der Waals surface area contributed by atoms with E-state index in [-0.39, 0.29) is 0 Å². The molecule has 0 saturated carbocycles. The summed E-state index contributed by atoms with van der Waals surface area (Å²) in [6.07, 6.45) is 2.10. The third-order valence-electron chi connectivity index (χ3n) is 2.04. The molecule has 0 saturated heterocycles. The molecule has 0 unspecified atom stereocenters. The van der Waals surface area contributed by atoms with Gasteiger partial charge in [0.25, 0.3) is 0 Å². The van der Waals surface area contributed by atoms with Crippen molar-refractivity contribution in [3.63, 3.8) is 0 Å². The molecule has 0 atom stereocenters. The van der Waals surface area contributed by atoms with E-state index in [1.54, 1.807) is 11.8 Å².